The van der Waals surface area contributed by atoms with Crippen LogP contribution in [-0.4, -0.2) is 4.92 Å². The fraction of sp³-hybridized carbons (Fsp3) is 0.200. The van der Waals surface area contributed by atoms with Gasteiger partial charge in [0.25, 0.3) is 0 Å². The number of hydrogen-bond donors (Lipinski definition) is 0. The second-order valence-electron chi connectivity index (χ2n) is 2.91. The van der Waals surface area contributed by atoms with Crippen molar-refractivity contribution in [3.05, 3.63) is 51.2 Å². The van der Waals surface area contributed by atoms with Gasteiger partial charge in [0, 0.05) is 24.1 Å². The maximum absolute atomic E-state index is 13.1. The molecule has 0 aromatic heterocycles. The van der Waals surface area contributed by atoms with E-state index in [1.54, 1.807) is 6.92 Å². The standard InChI is InChI=1S/C10H9F2NO2/c1-2-9(13(14)15)5-7-3-4-8(11)6-10(7)12/h3-6H,2H2,1H3. The zero-order chi connectivity index (χ0) is 11.4. The van der Waals surface area contributed by atoms with Gasteiger partial charge in [0.1, 0.15) is 11.6 Å². The number of halogens is 2. The van der Waals surface area contributed by atoms with Crippen LogP contribution in [0, 0.1) is 21.7 Å². The summed E-state index contributed by atoms with van der Waals surface area (Å²) in [5, 5.41) is 10.5. The lowest BCUT2D eigenvalue weighted by Crippen LogP contribution is -1.97. The lowest BCUT2D eigenvalue weighted by atomic mass is 10.1. The summed E-state index contributed by atoms with van der Waals surface area (Å²) in [7, 11) is 0. The van der Waals surface area contributed by atoms with Gasteiger partial charge in [-0.2, -0.15) is 0 Å². The molecule has 0 spiro atoms. The van der Waals surface area contributed by atoms with Crippen LogP contribution in [0.4, 0.5) is 8.78 Å². The van der Waals surface area contributed by atoms with Crippen molar-refractivity contribution in [2.75, 3.05) is 0 Å². The number of rotatable bonds is 3. The van der Waals surface area contributed by atoms with Crippen LogP contribution < -0.4 is 0 Å². The average Bonchev–Trinajstić information content (AvgIpc) is 2.16. The van der Waals surface area contributed by atoms with Crippen LogP contribution >= 0.6 is 0 Å². The molecule has 15 heavy (non-hydrogen) atoms. The minimum Gasteiger partial charge on any atom is -0.259 e. The minimum atomic E-state index is -0.803. The lowest BCUT2D eigenvalue weighted by molar-refractivity contribution is -0.425. The van der Waals surface area contributed by atoms with Crippen molar-refractivity contribution in [1.29, 1.82) is 0 Å². The highest BCUT2D eigenvalue weighted by molar-refractivity contribution is 5.51. The Morgan fingerprint density at radius 2 is 2.20 bits per heavy atom. The molecule has 0 atom stereocenters. The molecule has 0 fully saturated rings. The molecular formula is C10H9F2NO2. The summed E-state index contributed by atoms with van der Waals surface area (Å²) in [4.78, 5) is 9.87. The molecule has 0 unspecified atom stereocenters. The average molecular weight is 213 g/mol. The maximum atomic E-state index is 13.1. The van der Waals surface area contributed by atoms with E-state index in [9.17, 15) is 18.9 Å². The molecule has 0 heterocycles. The molecule has 1 aromatic rings. The third kappa shape index (κ3) is 2.83. The summed E-state index contributed by atoms with van der Waals surface area (Å²) in [6.45, 7) is 1.59. The summed E-state index contributed by atoms with van der Waals surface area (Å²) in [5.41, 5.74) is -0.0922. The summed E-state index contributed by atoms with van der Waals surface area (Å²) >= 11 is 0. The predicted molar refractivity (Wildman–Crippen MR) is 51.6 cm³/mol. The molecule has 0 radical (unpaired) electrons. The fourth-order valence-corrected chi connectivity index (χ4v) is 1.08. The Kier molecular flexibility index (Phi) is 3.49. The SMILES string of the molecule is CCC(=Cc1ccc(F)cc1F)[N+](=O)[O-]. The molecule has 5 heteroatoms. The molecule has 0 bridgehead atoms. The van der Waals surface area contributed by atoms with E-state index in [1.807, 2.05) is 0 Å². The van der Waals surface area contributed by atoms with Gasteiger partial charge in [-0.05, 0) is 12.1 Å². The normalized spacial score (nSPS) is 11.5. The molecule has 80 valence electrons. The van der Waals surface area contributed by atoms with Crippen molar-refractivity contribution in [2.24, 2.45) is 0 Å². The maximum Gasteiger partial charge on any atom is 0.246 e. The highest BCUT2D eigenvalue weighted by Gasteiger charge is 2.09. The van der Waals surface area contributed by atoms with Gasteiger partial charge in [0.2, 0.25) is 5.70 Å². The molecule has 0 aliphatic rings. The number of nitro groups is 1. The van der Waals surface area contributed by atoms with E-state index >= 15 is 0 Å². The molecule has 0 amide bonds. The van der Waals surface area contributed by atoms with Crippen LogP contribution in [0.15, 0.2) is 23.9 Å². The lowest BCUT2D eigenvalue weighted by Gasteiger charge is -1.97. The van der Waals surface area contributed by atoms with Crippen molar-refractivity contribution in [2.45, 2.75) is 13.3 Å². The van der Waals surface area contributed by atoms with Gasteiger partial charge in [-0.3, -0.25) is 10.1 Å². The van der Waals surface area contributed by atoms with E-state index < -0.39 is 16.6 Å². The molecule has 1 aromatic carbocycles. The molecular weight excluding hydrogens is 204 g/mol. The van der Waals surface area contributed by atoms with Crippen molar-refractivity contribution >= 4 is 6.08 Å². The van der Waals surface area contributed by atoms with E-state index in [-0.39, 0.29) is 17.7 Å². The van der Waals surface area contributed by atoms with Crippen LogP contribution in [-0.2, 0) is 0 Å². The first-order chi connectivity index (χ1) is 7.04. The second kappa shape index (κ2) is 4.63. The molecule has 0 saturated heterocycles. The largest absolute Gasteiger partial charge is 0.259 e. The first kappa shape index (κ1) is 11.3. The highest BCUT2D eigenvalue weighted by atomic mass is 19.1. The monoisotopic (exact) mass is 213 g/mol. The quantitative estimate of drug-likeness (QED) is 0.572. The summed E-state index contributed by atoms with van der Waals surface area (Å²) in [5.74, 6) is -1.51. The van der Waals surface area contributed by atoms with Gasteiger partial charge in [0.15, 0.2) is 0 Å². The third-order valence-electron chi connectivity index (χ3n) is 1.88. The van der Waals surface area contributed by atoms with Crippen LogP contribution in [0.25, 0.3) is 6.08 Å². The summed E-state index contributed by atoms with van der Waals surface area (Å²) < 4.78 is 25.6. The molecule has 3 nitrogen and oxygen atoms in total. The van der Waals surface area contributed by atoms with Gasteiger partial charge in [-0.1, -0.05) is 6.92 Å². The molecule has 0 saturated carbocycles. The molecule has 0 aliphatic heterocycles. The summed E-state index contributed by atoms with van der Waals surface area (Å²) in [6, 6.07) is 2.92. The predicted octanol–water partition coefficient (Wildman–Crippen LogP) is 2.99. The van der Waals surface area contributed by atoms with Crippen molar-refractivity contribution < 1.29 is 13.7 Å². The Morgan fingerprint density at radius 3 is 2.67 bits per heavy atom. The first-order valence-electron chi connectivity index (χ1n) is 4.34. The number of allylic oxidation sites excluding steroid dienone is 1. The van der Waals surface area contributed by atoms with E-state index in [1.165, 1.54) is 6.07 Å². The molecule has 1 rings (SSSR count). The van der Waals surface area contributed by atoms with Gasteiger partial charge >= 0.3 is 0 Å². The Morgan fingerprint density at radius 1 is 1.53 bits per heavy atom. The molecule has 0 aliphatic carbocycles. The number of hydrogen-bond acceptors (Lipinski definition) is 2. The van der Waals surface area contributed by atoms with E-state index in [0.29, 0.717) is 6.07 Å². The first-order valence-corrected chi connectivity index (χ1v) is 4.34. The Hall–Kier alpha value is -1.78. The van der Waals surface area contributed by atoms with Crippen LogP contribution in [0.1, 0.15) is 18.9 Å². The second-order valence-corrected chi connectivity index (χ2v) is 2.91. The highest BCUT2D eigenvalue weighted by Crippen LogP contribution is 2.15. The van der Waals surface area contributed by atoms with Gasteiger partial charge < -0.3 is 0 Å². The van der Waals surface area contributed by atoms with Gasteiger partial charge in [-0.15, -0.1) is 0 Å². The minimum absolute atomic E-state index is 0.0185. The van der Waals surface area contributed by atoms with Crippen LogP contribution in [0.2, 0.25) is 0 Å². The van der Waals surface area contributed by atoms with E-state index in [2.05, 4.69) is 0 Å². The Labute approximate surface area is 85.2 Å². The summed E-state index contributed by atoms with van der Waals surface area (Å²) in [6.07, 6.45) is 1.29. The Balaban J connectivity index is 3.12. The van der Waals surface area contributed by atoms with Crippen molar-refractivity contribution in [3.8, 4) is 0 Å². The van der Waals surface area contributed by atoms with Crippen molar-refractivity contribution in [3.63, 3.8) is 0 Å². The smallest absolute Gasteiger partial charge is 0.246 e. The van der Waals surface area contributed by atoms with Gasteiger partial charge in [0.05, 0.1) is 4.92 Å². The number of nitrogens with zero attached hydrogens (tertiary/aromatic N) is 1. The number of benzene rings is 1. The van der Waals surface area contributed by atoms with Crippen LogP contribution in [0.3, 0.4) is 0 Å². The van der Waals surface area contributed by atoms with Gasteiger partial charge in [-0.25, -0.2) is 8.78 Å². The Bertz CT molecular complexity index is 416. The van der Waals surface area contributed by atoms with E-state index in [0.717, 1.165) is 12.1 Å². The topological polar surface area (TPSA) is 43.1 Å². The van der Waals surface area contributed by atoms with E-state index in [4.69, 9.17) is 0 Å². The molecule has 0 N–H and O–H groups in total. The van der Waals surface area contributed by atoms with Crippen LogP contribution in [0.5, 0.6) is 0 Å². The zero-order valence-electron chi connectivity index (χ0n) is 8.04. The van der Waals surface area contributed by atoms with Crippen molar-refractivity contribution in [1.82, 2.24) is 0 Å². The third-order valence-corrected chi connectivity index (χ3v) is 1.88. The fourth-order valence-electron chi connectivity index (χ4n) is 1.08. The zero-order valence-corrected chi connectivity index (χ0v) is 8.04.